The van der Waals surface area contributed by atoms with E-state index >= 15 is 0 Å². The van der Waals surface area contributed by atoms with Crippen LogP contribution in [0.3, 0.4) is 0 Å². The third kappa shape index (κ3) is 4.22. The maximum atomic E-state index is 5.84. The van der Waals surface area contributed by atoms with E-state index in [2.05, 4.69) is 38.1 Å². The molecule has 7 heteroatoms. The lowest BCUT2D eigenvalue weighted by atomic mass is 10.1. The Balaban J connectivity index is 1.57. The van der Waals surface area contributed by atoms with Gasteiger partial charge in [-0.05, 0) is 23.3 Å². The summed E-state index contributed by atoms with van der Waals surface area (Å²) < 4.78 is 11.3. The average Bonchev–Trinajstić information content (AvgIpc) is 3.15. The molecule has 1 heterocycles. The Kier molecular flexibility index (Phi) is 5.24. The third-order valence-corrected chi connectivity index (χ3v) is 3.46. The van der Waals surface area contributed by atoms with Gasteiger partial charge in [0.05, 0.1) is 19.7 Å². The van der Waals surface area contributed by atoms with Crippen molar-refractivity contribution < 1.29 is 9.47 Å². The molecule has 0 aliphatic carbocycles. The van der Waals surface area contributed by atoms with E-state index in [4.69, 9.17) is 9.47 Å². The number of aromatic nitrogens is 4. The summed E-state index contributed by atoms with van der Waals surface area (Å²) in [6.07, 6.45) is 0.846. The van der Waals surface area contributed by atoms with Crippen molar-refractivity contribution in [2.45, 2.75) is 13.0 Å². The Bertz CT molecular complexity index is 747. The highest BCUT2D eigenvalue weighted by Crippen LogP contribution is 2.29. The van der Waals surface area contributed by atoms with Crippen LogP contribution in [-0.4, -0.2) is 34.3 Å². The molecule has 0 amide bonds. The first-order valence-corrected chi connectivity index (χ1v) is 7.60. The molecular formula is C17H18N5O2-. The van der Waals surface area contributed by atoms with Crippen LogP contribution >= 0.6 is 0 Å². The van der Waals surface area contributed by atoms with Crippen molar-refractivity contribution in [1.29, 1.82) is 0 Å². The molecule has 24 heavy (non-hydrogen) atoms. The summed E-state index contributed by atoms with van der Waals surface area (Å²) in [6.45, 7) is 1.03. The van der Waals surface area contributed by atoms with Crippen LogP contribution in [0.1, 0.15) is 11.1 Å². The highest BCUT2D eigenvalue weighted by Gasteiger charge is 2.06. The van der Waals surface area contributed by atoms with Crippen molar-refractivity contribution in [3.05, 3.63) is 65.0 Å². The van der Waals surface area contributed by atoms with Crippen LogP contribution in [0, 0.1) is 0 Å². The maximum absolute atomic E-state index is 5.84. The normalized spacial score (nSPS) is 10.4. The molecule has 1 aromatic heterocycles. The molecule has 0 bridgehead atoms. The molecule has 2 aromatic carbocycles. The van der Waals surface area contributed by atoms with Crippen LogP contribution in [0.5, 0.6) is 11.5 Å². The lowest BCUT2D eigenvalue weighted by molar-refractivity contribution is 0.297. The fourth-order valence-electron chi connectivity index (χ4n) is 2.24. The zero-order valence-corrected chi connectivity index (χ0v) is 13.3. The first-order valence-electron chi connectivity index (χ1n) is 7.60. The molecule has 124 valence electrons. The third-order valence-electron chi connectivity index (χ3n) is 3.46. The number of hydrogen-bond acceptors (Lipinski definition) is 5. The van der Waals surface area contributed by atoms with E-state index in [-0.39, 0.29) is 0 Å². The zero-order chi connectivity index (χ0) is 16.6. The number of H-pyrrole nitrogens is 1. The summed E-state index contributed by atoms with van der Waals surface area (Å²) in [4.78, 5) is 0. The molecule has 0 spiro atoms. The standard InChI is InChI=1S/C17H18N5O2/c1-23-16-11-14(12-18-17-19-21-22-20-17)7-8-15(16)24-10-9-13-5-3-2-4-6-13/h2-8,11H,9-10,12H2,1H3,(H-,18,19,20,21,22)/q-1. The lowest BCUT2D eigenvalue weighted by Crippen LogP contribution is -2.03. The summed E-state index contributed by atoms with van der Waals surface area (Å²) in [5.41, 5.74) is 2.22. The Morgan fingerprint density at radius 1 is 1.04 bits per heavy atom. The summed E-state index contributed by atoms with van der Waals surface area (Å²) in [6, 6.07) is 16.0. The van der Waals surface area contributed by atoms with Crippen LogP contribution < -0.4 is 9.47 Å². The van der Waals surface area contributed by atoms with Gasteiger partial charge in [0.1, 0.15) is 0 Å². The van der Waals surface area contributed by atoms with Gasteiger partial charge in [-0.25, -0.2) is 0 Å². The molecule has 0 saturated carbocycles. The van der Waals surface area contributed by atoms with Crippen molar-refractivity contribution in [1.82, 2.24) is 20.6 Å². The minimum absolute atomic E-state index is 0.331. The van der Waals surface area contributed by atoms with Crippen LogP contribution in [0.2, 0.25) is 0 Å². The van der Waals surface area contributed by atoms with Gasteiger partial charge in [0, 0.05) is 13.0 Å². The van der Waals surface area contributed by atoms with E-state index in [1.165, 1.54) is 5.56 Å². The molecule has 0 aliphatic rings. The van der Waals surface area contributed by atoms with Gasteiger partial charge < -0.3 is 14.8 Å². The minimum Gasteiger partial charge on any atom is -0.493 e. The second-order valence-corrected chi connectivity index (χ2v) is 5.10. The van der Waals surface area contributed by atoms with Crippen LogP contribution in [0.15, 0.2) is 48.5 Å². The Labute approximate surface area is 140 Å². The first-order chi connectivity index (χ1) is 11.8. The number of rotatable bonds is 8. The predicted octanol–water partition coefficient (Wildman–Crippen LogP) is 3.04. The summed E-state index contributed by atoms with van der Waals surface area (Å²) >= 11 is 0. The molecule has 0 unspecified atom stereocenters. The smallest absolute Gasteiger partial charge is 0.161 e. The van der Waals surface area contributed by atoms with Crippen LogP contribution in [-0.2, 0) is 13.0 Å². The van der Waals surface area contributed by atoms with Gasteiger partial charge in [0.2, 0.25) is 0 Å². The van der Waals surface area contributed by atoms with Crippen LogP contribution in [0.4, 0.5) is 5.95 Å². The number of methoxy groups -OCH3 is 1. The molecule has 3 aromatic rings. The van der Waals surface area contributed by atoms with Gasteiger partial charge in [0.25, 0.3) is 0 Å². The van der Waals surface area contributed by atoms with Gasteiger partial charge in [-0.3, -0.25) is 15.4 Å². The highest BCUT2D eigenvalue weighted by molar-refractivity contribution is 5.44. The second kappa shape index (κ2) is 7.96. The van der Waals surface area contributed by atoms with E-state index in [0.717, 1.165) is 17.7 Å². The lowest BCUT2D eigenvalue weighted by Gasteiger charge is -2.13. The Hall–Kier alpha value is -3.09. The number of hydrogen-bond donors (Lipinski definition) is 1. The molecule has 0 saturated heterocycles. The van der Waals surface area contributed by atoms with E-state index in [1.54, 1.807) is 7.11 Å². The molecule has 0 fully saturated rings. The number of tetrazole rings is 1. The minimum atomic E-state index is 0.331. The number of ether oxygens (including phenoxy) is 2. The van der Waals surface area contributed by atoms with Crippen LogP contribution in [0.25, 0.3) is 5.32 Å². The molecule has 0 aliphatic heterocycles. The van der Waals surface area contributed by atoms with Gasteiger partial charge in [0.15, 0.2) is 11.5 Å². The zero-order valence-electron chi connectivity index (χ0n) is 13.3. The van der Waals surface area contributed by atoms with Gasteiger partial charge >= 0.3 is 0 Å². The monoisotopic (exact) mass is 324 g/mol. The quantitative estimate of drug-likeness (QED) is 0.688. The summed E-state index contributed by atoms with van der Waals surface area (Å²) in [7, 11) is 1.62. The van der Waals surface area contributed by atoms with E-state index in [1.807, 2.05) is 36.4 Å². The molecule has 0 radical (unpaired) electrons. The summed E-state index contributed by atoms with van der Waals surface area (Å²) in [5, 5.41) is 17.6. The van der Waals surface area contributed by atoms with Crippen molar-refractivity contribution in [3.8, 4) is 11.5 Å². The maximum Gasteiger partial charge on any atom is 0.161 e. The predicted molar refractivity (Wildman–Crippen MR) is 89.5 cm³/mol. The van der Waals surface area contributed by atoms with E-state index < -0.39 is 0 Å². The van der Waals surface area contributed by atoms with Gasteiger partial charge in [-0.15, -0.1) is 5.21 Å². The first kappa shape index (κ1) is 15.8. The number of nitrogens with zero attached hydrogens (tertiary/aromatic N) is 4. The second-order valence-electron chi connectivity index (χ2n) is 5.10. The van der Waals surface area contributed by atoms with Crippen molar-refractivity contribution in [2.75, 3.05) is 13.7 Å². The summed E-state index contributed by atoms with van der Waals surface area (Å²) in [5.74, 6) is 1.73. The number of nitrogens with one attached hydrogen (secondary N) is 1. The molecule has 0 atom stereocenters. The largest absolute Gasteiger partial charge is 0.493 e. The van der Waals surface area contributed by atoms with E-state index in [9.17, 15) is 0 Å². The highest BCUT2D eigenvalue weighted by atomic mass is 16.5. The molecule has 1 N–H and O–H groups in total. The fraction of sp³-hybridized carbons (Fsp3) is 0.235. The van der Waals surface area contributed by atoms with Crippen molar-refractivity contribution >= 4 is 5.95 Å². The fourth-order valence-corrected chi connectivity index (χ4v) is 2.24. The SMILES string of the molecule is COc1cc(C[N-]c2nn[nH]n2)ccc1OCCc1ccccc1. The van der Waals surface area contributed by atoms with Gasteiger partial charge in [-0.2, -0.15) is 0 Å². The molecule has 3 rings (SSSR count). The average molecular weight is 324 g/mol. The van der Waals surface area contributed by atoms with E-state index in [0.29, 0.717) is 24.8 Å². The van der Waals surface area contributed by atoms with Crippen molar-refractivity contribution in [3.63, 3.8) is 0 Å². The number of aromatic amines is 1. The Morgan fingerprint density at radius 3 is 2.67 bits per heavy atom. The van der Waals surface area contributed by atoms with Gasteiger partial charge in [-0.1, -0.05) is 36.4 Å². The molecular weight excluding hydrogens is 306 g/mol. The number of benzene rings is 2. The topological polar surface area (TPSA) is 87.0 Å². The van der Waals surface area contributed by atoms with Crippen molar-refractivity contribution in [2.24, 2.45) is 0 Å². The Morgan fingerprint density at radius 2 is 1.92 bits per heavy atom. The molecule has 7 nitrogen and oxygen atoms in total.